The molecule has 1 fully saturated rings. The zero-order valence-corrected chi connectivity index (χ0v) is 32.7. The number of hydrogen-bond acceptors (Lipinski definition) is 7. The average molecular weight is 675 g/mol. The van der Waals surface area contributed by atoms with Crippen LogP contribution in [0.1, 0.15) is 86.1 Å². The lowest BCUT2D eigenvalue weighted by atomic mass is 9.79. The van der Waals surface area contributed by atoms with E-state index in [0.29, 0.717) is 55.8 Å². The van der Waals surface area contributed by atoms with Crippen LogP contribution >= 0.6 is 0 Å². The highest BCUT2D eigenvalue weighted by Gasteiger charge is 2.43. The lowest BCUT2D eigenvalue weighted by Gasteiger charge is -2.42. The van der Waals surface area contributed by atoms with Gasteiger partial charge in [0.2, 0.25) is 0 Å². The molecule has 5 atom stereocenters. The molecule has 0 saturated carbocycles. The molecule has 10 heteroatoms. The van der Waals surface area contributed by atoms with Crippen LogP contribution in [-0.2, 0) is 20.4 Å². The highest BCUT2D eigenvalue weighted by Crippen LogP contribution is 2.41. The highest BCUT2D eigenvalue weighted by molar-refractivity contribution is 6.74. The van der Waals surface area contributed by atoms with Gasteiger partial charge in [0.15, 0.2) is 19.8 Å². The molecule has 47 heavy (non-hydrogen) atoms. The third-order valence-corrected chi connectivity index (χ3v) is 15.0. The van der Waals surface area contributed by atoms with E-state index in [4.69, 9.17) is 18.6 Å². The summed E-state index contributed by atoms with van der Waals surface area (Å²) in [5.74, 6) is 2.72. The molecule has 0 aromatic heterocycles. The Hall–Kier alpha value is -2.10. The molecule has 2 rings (SSSR count). The fraction of sp³-hybridized carbons (Fsp3) is 0.811. The van der Waals surface area contributed by atoms with E-state index in [1.54, 1.807) is 14.2 Å². The van der Waals surface area contributed by atoms with Crippen LogP contribution in [-0.4, -0.2) is 78.7 Å². The van der Waals surface area contributed by atoms with Gasteiger partial charge in [-0.3, -0.25) is 4.79 Å². The third kappa shape index (κ3) is 13.0. The molecule has 1 aliphatic heterocycles. The Morgan fingerprint density at radius 2 is 1.79 bits per heavy atom. The third-order valence-electron chi connectivity index (χ3n) is 10.5. The number of nitrogens with zero attached hydrogens (tertiary/aromatic N) is 4. The molecule has 0 N–H and O–H groups in total. The molecule has 1 unspecified atom stereocenters. The fourth-order valence-corrected chi connectivity index (χ4v) is 7.75. The van der Waals surface area contributed by atoms with E-state index in [1.165, 1.54) is 0 Å². The van der Waals surface area contributed by atoms with Gasteiger partial charge in [-0.1, -0.05) is 59.6 Å². The standard InChI is InChI=1S/C37H66N4O5Si/c1-26(2)30(20-28-14-15-34(44-10)36(22-28)45-19-13-18-43-9)23-32(39-40-38)35(46-47(11,12)37(5,6)7)24-31(27(3)4)33(42)21-29-16-17-41(8)25-29/h14-15,22,26-27,29-32,35H,13,16-21,23-25H2,1-12H3/t29?,30-,31-,32-,35-/m0/s1. The van der Waals surface area contributed by atoms with Crippen molar-refractivity contribution >= 4 is 14.1 Å². The molecular weight excluding hydrogens is 609 g/mol. The Kier molecular flexibility index (Phi) is 16.8. The Morgan fingerprint density at radius 1 is 1.09 bits per heavy atom. The van der Waals surface area contributed by atoms with Crippen molar-refractivity contribution in [2.24, 2.45) is 34.7 Å². The highest BCUT2D eigenvalue weighted by atomic mass is 28.4. The maximum atomic E-state index is 13.9. The maximum Gasteiger partial charge on any atom is 0.192 e. The van der Waals surface area contributed by atoms with E-state index >= 15 is 0 Å². The van der Waals surface area contributed by atoms with Crippen molar-refractivity contribution in [2.75, 3.05) is 47.6 Å². The van der Waals surface area contributed by atoms with Crippen LogP contribution in [0.2, 0.25) is 18.1 Å². The molecule has 0 spiro atoms. The number of ether oxygens (including phenoxy) is 3. The lowest BCUT2D eigenvalue weighted by molar-refractivity contribution is -0.126. The molecule has 268 valence electrons. The van der Waals surface area contributed by atoms with Crippen molar-refractivity contribution in [1.29, 1.82) is 0 Å². The molecular formula is C37H66N4O5Si. The first-order chi connectivity index (χ1) is 22.0. The minimum absolute atomic E-state index is 0.0296. The lowest BCUT2D eigenvalue weighted by Crippen LogP contribution is -2.48. The first-order valence-electron chi connectivity index (χ1n) is 17.7. The van der Waals surface area contributed by atoms with Gasteiger partial charge in [0.1, 0.15) is 5.78 Å². The summed E-state index contributed by atoms with van der Waals surface area (Å²) in [4.78, 5) is 19.6. The second-order valence-electron chi connectivity index (χ2n) is 16.0. The smallest absolute Gasteiger partial charge is 0.192 e. The fourth-order valence-electron chi connectivity index (χ4n) is 6.38. The number of rotatable bonds is 21. The summed E-state index contributed by atoms with van der Waals surface area (Å²) in [6, 6.07) is 5.74. The normalized spacial score (nSPS) is 18.6. The molecule has 1 aromatic rings. The van der Waals surface area contributed by atoms with Gasteiger partial charge in [0.05, 0.1) is 25.9 Å². The number of hydrogen-bond donors (Lipinski definition) is 0. The molecule has 1 heterocycles. The van der Waals surface area contributed by atoms with Crippen molar-refractivity contribution in [2.45, 2.75) is 117 Å². The summed E-state index contributed by atoms with van der Waals surface area (Å²) >= 11 is 0. The van der Waals surface area contributed by atoms with Crippen molar-refractivity contribution in [3.63, 3.8) is 0 Å². The van der Waals surface area contributed by atoms with Gasteiger partial charge < -0.3 is 23.5 Å². The quantitative estimate of drug-likeness (QED) is 0.0424. The van der Waals surface area contributed by atoms with Crippen LogP contribution in [0, 0.1) is 29.6 Å². The average Bonchev–Trinajstić information content (AvgIpc) is 3.39. The number of methoxy groups -OCH3 is 2. The van der Waals surface area contributed by atoms with Gasteiger partial charge in [-0.05, 0) is 104 Å². The van der Waals surface area contributed by atoms with Gasteiger partial charge in [-0.25, -0.2) is 0 Å². The monoisotopic (exact) mass is 674 g/mol. The molecule has 0 radical (unpaired) electrons. The second kappa shape index (κ2) is 19.2. The van der Waals surface area contributed by atoms with E-state index in [1.807, 2.05) is 6.07 Å². The summed E-state index contributed by atoms with van der Waals surface area (Å²) < 4.78 is 24.0. The number of carbonyl (C=O) groups is 1. The Morgan fingerprint density at radius 3 is 2.32 bits per heavy atom. The van der Waals surface area contributed by atoms with Crippen LogP contribution < -0.4 is 9.47 Å². The minimum atomic E-state index is -2.27. The van der Waals surface area contributed by atoms with Gasteiger partial charge >= 0.3 is 0 Å². The maximum absolute atomic E-state index is 13.9. The molecule has 0 aliphatic carbocycles. The van der Waals surface area contributed by atoms with Crippen LogP contribution in [0.3, 0.4) is 0 Å². The number of carbonyl (C=O) groups excluding carboxylic acids is 1. The Labute approximate surface area is 287 Å². The first-order valence-corrected chi connectivity index (χ1v) is 20.7. The number of azide groups is 1. The molecule has 0 bridgehead atoms. The Bertz CT molecular complexity index is 1150. The van der Waals surface area contributed by atoms with Gasteiger partial charge in [0, 0.05) is 43.9 Å². The summed E-state index contributed by atoms with van der Waals surface area (Å²) in [6.45, 7) is 23.1. The number of benzene rings is 1. The predicted octanol–water partition coefficient (Wildman–Crippen LogP) is 8.96. The SMILES string of the molecule is COCCCOc1cc(C[C@@H](C[C@H](N=[N+]=[N-])[C@H](C[C@H](C(=O)CC2CCN(C)C2)C(C)C)O[Si](C)(C)C(C)(C)C)C(C)C)ccc1OC. The van der Waals surface area contributed by atoms with Crippen LogP contribution in [0.15, 0.2) is 23.3 Å². The number of Topliss-reactive ketones (excluding diaryl/α,β-unsaturated/α-hetero) is 1. The van der Waals surface area contributed by atoms with Gasteiger partial charge in [-0.2, -0.15) is 0 Å². The van der Waals surface area contributed by atoms with Crippen LogP contribution in [0.25, 0.3) is 10.4 Å². The largest absolute Gasteiger partial charge is 0.493 e. The van der Waals surface area contributed by atoms with E-state index in [-0.39, 0.29) is 28.9 Å². The second-order valence-corrected chi connectivity index (χ2v) is 20.7. The summed E-state index contributed by atoms with van der Waals surface area (Å²) in [7, 11) is 3.20. The van der Waals surface area contributed by atoms with Gasteiger partial charge in [-0.15, -0.1) is 0 Å². The molecule has 1 aliphatic rings. The van der Waals surface area contributed by atoms with Crippen molar-refractivity contribution in [3.8, 4) is 11.5 Å². The number of ketones is 1. The summed E-state index contributed by atoms with van der Waals surface area (Å²) in [5, 5.41) is 4.42. The van der Waals surface area contributed by atoms with Crippen molar-refractivity contribution in [3.05, 3.63) is 34.2 Å². The minimum Gasteiger partial charge on any atom is -0.493 e. The zero-order chi connectivity index (χ0) is 35.4. The summed E-state index contributed by atoms with van der Waals surface area (Å²) in [6.07, 6.45) is 4.16. The first kappa shape index (κ1) is 41.1. The molecule has 9 nitrogen and oxygen atoms in total. The number of likely N-dealkylation sites (tertiary alicyclic amines) is 1. The predicted molar refractivity (Wildman–Crippen MR) is 195 cm³/mol. The summed E-state index contributed by atoms with van der Waals surface area (Å²) in [5.41, 5.74) is 11.0. The molecule has 1 aromatic carbocycles. The molecule has 1 saturated heterocycles. The topological polar surface area (TPSA) is 106 Å². The van der Waals surface area contributed by atoms with Gasteiger partial charge in [0.25, 0.3) is 0 Å². The van der Waals surface area contributed by atoms with E-state index in [0.717, 1.165) is 43.7 Å². The van der Waals surface area contributed by atoms with E-state index in [2.05, 4.69) is 95.7 Å². The van der Waals surface area contributed by atoms with E-state index in [9.17, 15) is 10.3 Å². The van der Waals surface area contributed by atoms with E-state index < -0.39 is 14.4 Å². The van der Waals surface area contributed by atoms with Crippen molar-refractivity contribution < 1.29 is 23.4 Å². The molecule has 0 amide bonds. The Balaban J connectivity index is 2.41. The van der Waals surface area contributed by atoms with Crippen molar-refractivity contribution in [1.82, 2.24) is 4.90 Å². The van der Waals surface area contributed by atoms with Crippen LogP contribution in [0.4, 0.5) is 0 Å². The van der Waals surface area contributed by atoms with Crippen LogP contribution in [0.5, 0.6) is 11.5 Å². The zero-order valence-electron chi connectivity index (χ0n) is 31.7.